The number of amides is 1. The number of rotatable bonds is 3. The quantitative estimate of drug-likeness (QED) is 0.485. The molecule has 29 heavy (non-hydrogen) atoms. The van der Waals surface area contributed by atoms with E-state index in [4.69, 9.17) is 9.15 Å². The lowest BCUT2D eigenvalue weighted by Crippen LogP contribution is -2.59. The molecule has 0 N–H and O–H groups in total. The number of epoxide rings is 1. The van der Waals surface area contributed by atoms with Gasteiger partial charge in [0.2, 0.25) is 0 Å². The van der Waals surface area contributed by atoms with Crippen molar-refractivity contribution in [3.8, 4) is 0 Å². The third kappa shape index (κ3) is 2.95. The zero-order chi connectivity index (χ0) is 20.0. The monoisotopic (exact) mass is 386 g/mol. The Morgan fingerprint density at radius 2 is 1.55 bits per heavy atom. The number of nitrogens with zero attached hydrogens (tertiary/aromatic N) is 2. The number of hydrogen-bond acceptors (Lipinski definition) is 4. The van der Waals surface area contributed by atoms with Crippen molar-refractivity contribution in [1.29, 1.82) is 0 Å². The van der Waals surface area contributed by atoms with E-state index in [2.05, 4.69) is 30.9 Å². The first kappa shape index (κ1) is 17.8. The second-order valence-electron chi connectivity index (χ2n) is 7.74. The maximum atomic E-state index is 13.8. The van der Waals surface area contributed by atoms with Gasteiger partial charge < -0.3 is 14.1 Å². The van der Waals surface area contributed by atoms with Gasteiger partial charge in [0.25, 0.3) is 5.91 Å². The van der Waals surface area contributed by atoms with E-state index in [0.29, 0.717) is 11.3 Å². The fourth-order valence-corrected chi connectivity index (χ4v) is 4.18. The lowest BCUT2D eigenvalue weighted by molar-refractivity contribution is -0.116. The molecule has 2 aliphatic heterocycles. The van der Waals surface area contributed by atoms with E-state index in [0.717, 1.165) is 11.4 Å². The molecule has 2 fully saturated rings. The van der Waals surface area contributed by atoms with E-state index in [9.17, 15) is 4.79 Å². The molecule has 1 aromatic heterocycles. The number of carbonyl (C=O) groups is 1. The van der Waals surface area contributed by atoms with Crippen molar-refractivity contribution in [2.75, 3.05) is 9.80 Å². The molecule has 1 amide bonds. The maximum absolute atomic E-state index is 13.8. The highest BCUT2D eigenvalue weighted by atomic mass is 16.6. The van der Waals surface area contributed by atoms with Crippen LogP contribution >= 0.6 is 0 Å². The minimum atomic E-state index is -0.655. The molecule has 2 atom stereocenters. The summed E-state index contributed by atoms with van der Waals surface area (Å²) in [6, 6.07) is 23.5. The summed E-state index contributed by atoms with van der Waals surface area (Å²) in [4.78, 5) is 17.8. The van der Waals surface area contributed by atoms with E-state index in [1.165, 1.54) is 0 Å². The van der Waals surface area contributed by atoms with Gasteiger partial charge in [-0.15, -0.1) is 0 Å². The minimum Gasteiger partial charge on any atom is -0.465 e. The number of benzene rings is 2. The van der Waals surface area contributed by atoms with E-state index in [1.807, 2.05) is 65.6 Å². The summed E-state index contributed by atoms with van der Waals surface area (Å²) in [6.45, 7) is 4.11. The summed E-state index contributed by atoms with van der Waals surface area (Å²) in [7, 11) is 0. The first-order chi connectivity index (χ1) is 14.1. The Kier molecular flexibility index (Phi) is 4.07. The lowest BCUT2D eigenvalue weighted by atomic mass is 10.1. The second kappa shape index (κ2) is 6.64. The molecule has 0 aliphatic carbocycles. The van der Waals surface area contributed by atoms with Crippen LogP contribution in [0.15, 0.2) is 89.0 Å². The molecule has 3 heterocycles. The zero-order valence-electron chi connectivity index (χ0n) is 16.4. The third-order valence-corrected chi connectivity index (χ3v) is 5.51. The molecule has 5 nitrogen and oxygen atoms in total. The Bertz CT molecular complexity index is 1040. The van der Waals surface area contributed by atoms with Gasteiger partial charge in [0.1, 0.15) is 17.5 Å². The Morgan fingerprint density at radius 1 is 0.897 bits per heavy atom. The standard InChI is InChI=1S/C24H22N2O3/c1-24(2)25(17-10-5-3-6-11-17)22(27)20(16-19-14-9-15-28-19)21-23(29-21)26(24)18-12-7-4-8-13-18/h3-16,21,23H,1-2H3/b20-16+. The fourth-order valence-electron chi connectivity index (χ4n) is 4.18. The van der Waals surface area contributed by atoms with Crippen molar-refractivity contribution < 1.29 is 13.9 Å². The lowest BCUT2D eigenvalue weighted by Gasteiger charge is -2.46. The van der Waals surface area contributed by atoms with E-state index >= 15 is 0 Å². The van der Waals surface area contributed by atoms with Gasteiger partial charge in [-0.25, -0.2) is 0 Å². The van der Waals surface area contributed by atoms with Crippen molar-refractivity contribution in [1.82, 2.24) is 0 Å². The summed E-state index contributed by atoms with van der Waals surface area (Å²) in [5.41, 5.74) is 1.80. The molecule has 2 aromatic carbocycles. The third-order valence-electron chi connectivity index (χ3n) is 5.51. The van der Waals surface area contributed by atoms with Crippen LogP contribution in [0.1, 0.15) is 19.6 Å². The van der Waals surface area contributed by atoms with E-state index in [-0.39, 0.29) is 18.2 Å². The highest BCUT2D eigenvalue weighted by molar-refractivity contribution is 6.11. The molecule has 2 unspecified atom stereocenters. The van der Waals surface area contributed by atoms with Gasteiger partial charge in [-0.3, -0.25) is 9.69 Å². The normalized spacial score (nSPS) is 24.3. The molecular formula is C24H22N2O3. The van der Waals surface area contributed by atoms with Crippen LogP contribution in [-0.2, 0) is 9.53 Å². The van der Waals surface area contributed by atoms with Crippen LogP contribution in [0.2, 0.25) is 0 Å². The Morgan fingerprint density at radius 3 is 2.17 bits per heavy atom. The summed E-state index contributed by atoms with van der Waals surface area (Å²) < 4.78 is 11.5. The topological polar surface area (TPSA) is 49.2 Å². The molecule has 0 saturated carbocycles. The Balaban J connectivity index is 1.68. The maximum Gasteiger partial charge on any atom is 0.259 e. The zero-order valence-corrected chi connectivity index (χ0v) is 16.4. The molecule has 0 spiro atoms. The number of anilines is 2. The van der Waals surface area contributed by atoms with Crippen molar-refractivity contribution >= 4 is 23.4 Å². The number of furan rings is 1. The largest absolute Gasteiger partial charge is 0.465 e. The number of ether oxygens (including phenoxy) is 1. The molecule has 5 rings (SSSR count). The van der Waals surface area contributed by atoms with Crippen molar-refractivity contribution in [2.24, 2.45) is 0 Å². The smallest absolute Gasteiger partial charge is 0.259 e. The van der Waals surface area contributed by atoms with Gasteiger partial charge in [-0.1, -0.05) is 36.4 Å². The molecule has 0 radical (unpaired) electrons. The number of hydrogen-bond donors (Lipinski definition) is 0. The predicted octanol–water partition coefficient (Wildman–Crippen LogP) is 4.68. The van der Waals surface area contributed by atoms with E-state index < -0.39 is 5.66 Å². The van der Waals surface area contributed by atoms with Gasteiger partial charge >= 0.3 is 0 Å². The summed E-state index contributed by atoms with van der Waals surface area (Å²) in [5, 5.41) is 0. The number of fused-ring (bicyclic) bond motifs is 1. The second-order valence-corrected chi connectivity index (χ2v) is 7.74. The Hall–Kier alpha value is -3.31. The van der Waals surface area contributed by atoms with Crippen molar-refractivity contribution in [2.45, 2.75) is 31.8 Å². The molecule has 3 aromatic rings. The highest BCUT2D eigenvalue weighted by Crippen LogP contribution is 2.46. The molecule has 2 aliphatic rings. The summed E-state index contributed by atoms with van der Waals surface area (Å²) in [5.74, 6) is 0.560. The van der Waals surface area contributed by atoms with Crippen molar-refractivity contribution in [3.05, 3.63) is 90.4 Å². The average Bonchev–Trinajstić information content (AvgIpc) is 3.30. The van der Waals surface area contributed by atoms with Crippen LogP contribution in [0.25, 0.3) is 6.08 Å². The average molecular weight is 386 g/mol. The van der Waals surface area contributed by atoms with E-state index in [1.54, 1.807) is 12.3 Å². The van der Waals surface area contributed by atoms with Crippen LogP contribution in [-0.4, -0.2) is 23.9 Å². The van der Waals surface area contributed by atoms with Crippen LogP contribution in [0, 0.1) is 0 Å². The van der Waals surface area contributed by atoms with Gasteiger partial charge in [0.15, 0.2) is 6.23 Å². The Labute approximate surface area is 169 Å². The number of carbonyl (C=O) groups excluding carboxylic acids is 1. The van der Waals surface area contributed by atoms with Crippen LogP contribution in [0.3, 0.4) is 0 Å². The van der Waals surface area contributed by atoms with Crippen LogP contribution in [0.5, 0.6) is 0 Å². The summed E-state index contributed by atoms with van der Waals surface area (Å²) >= 11 is 0. The van der Waals surface area contributed by atoms with Gasteiger partial charge in [-0.2, -0.15) is 0 Å². The van der Waals surface area contributed by atoms with Crippen molar-refractivity contribution in [3.63, 3.8) is 0 Å². The SMILES string of the molecule is CC1(C)N(c2ccccc2)C(=O)/C(=C/c2ccco2)C2OC2N1c1ccccc1. The molecule has 2 saturated heterocycles. The van der Waals surface area contributed by atoms with Crippen LogP contribution in [0.4, 0.5) is 11.4 Å². The highest BCUT2D eigenvalue weighted by Gasteiger charge is 2.58. The fraction of sp³-hybridized carbons (Fsp3) is 0.208. The molecule has 146 valence electrons. The minimum absolute atomic E-state index is 0.0801. The van der Waals surface area contributed by atoms with Gasteiger partial charge in [-0.05, 0) is 56.3 Å². The van der Waals surface area contributed by atoms with Gasteiger partial charge in [0, 0.05) is 11.4 Å². The van der Waals surface area contributed by atoms with Gasteiger partial charge in [0.05, 0.1) is 11.8 Å². The first-order valence-electron chi connectivity index (χ1n) is 9.72. The van der Waals surface area contributed by atoms with Crippen LogP contribution < -0.4 is 9.80 Å². The first-order valence-corrected chi connectivity index (χ1v) is 9.72. The predicted molar refractivity (Wildman–Crippen MR) is 112 cm³/mol. The molecular weight excluding hydrogens is 364 g/mol. The number of para-hydroxylation sites is 2. The summed E-state index contributed by atoms with van der Waals surface area (Å²) in [6.07, 6.45) is 2.88. The molecule has 0 bridgehead atoms. The molecule has 5 heteroatoms.